The summed E-state index contributed by atoms with van der Waals surface area (Å²) in [6.07, 6.45) is 0.320. The molecule has 0 aromatic rings. The molecule has 12 heavy (non-hydrogen) atoms. The third-order valence-corrected chi connectivity index (χ3v) is 2.03. The molecule has 0 aromatic heterocycles. The number of hydrogen-bond acceptors (Lipinski definition) is 2. The number of halogens is 2. The Morgan fingerprint density at radius 2 is 2.25 bits per heavy atom. The third-order valence-electron chi connectivity index (χ3n) is 2.03. The summed E-state index contributed by atoms with van der Waals surface area (Å²) in [5.74, 6) is -2.47. The highest BCUT2D eigenvalue weighted by molar-refractivity contribution is 5.75. The number of carbonyl (C=O) groups is 1. The number of ketones is 1. The molecular formula is C8H13F2NO. The van der Waals surface area contributed by atoms with E-state index in [1.807, 2.05) is 0 Å². The van der Waals surface area contributed by atoms with Gasteiger partial charge in [0.15, 0.2) is 0 Å². The van der Waals surface area contributed by atoms with Crippen LogP contribution >= 0.6 is 0 Å². The van der Waals surface area contributed by atoms with E-state index in [1.165, 1.54) is 6.92 Å². The molecule has 4 heteroatoms. The third kappa shape index (κ3) is 2.85. The molecule has 1 aliphatic heterocycles. The second kappa shape index (κ2) is 3.47. The Labute approximate surface area is 70.5 Å². The van der Waals surface area contributed by atoms with Crippen LogP contribution in [0.3, 0.4) is 0 Å². The van der Waals surface area contributed by atoms with Crippen LogP contribution in [0, 0.1) is 0 Å². The first-order chi connectivity index (χ1) is 5.49. The molecule has 0 atom stereocenters. The van der Waals surface area contributed by atoms with Gasteiger partial charge in [-0.05, 0) is 6.92 Å². The second-order valence-corrected chi connectivity index (χ2v) is 3.33. The Morgan fingerprint density at radius 1 is 1.58 bits per heavy atom. The predicted octanol–water partition coefficient (Wildman–Crippen LogP) is 1.31. The minimum absolute atomic E-state index is 0.0604. The average Bonchev–Trinajstić information content (AvgIpc) is 2.26. The van der Waals surface area contributed by atoms with Gasteiger partial charge in [0.1, 0.15) is 5.78 Å². The average molecular weight is 177 g/mol. The molecule has 0 spiro atoms. The maximum atomic E-state index is 12.6. The summed E-state index contributed by atoms with van der Waals surface area (Å²) in [5.41, 5.74) is 0. The molecule has 1 rings (SSSR count). The number of nitrogens with zero attached hydrogens (tertiary/aromatic N) is 1. The van der Waals surface area contributed by atoms with E-state index in [0.29, 0.717) is 19.5 Å². The van der Waals surface area contributed by atoms with Crippen LogP contribution in [0.5, 0.6) is 0 Å². The van der Waals surface area contributed by atoms with Crippen molar-refractivity contribution < 1.29 is 13.6 Å². The lowest BCUT2D eigenvalue weighted by Gasteiger charge is -2.13. The van der Waals surface area contributed by atoms with Crippen LogP contribution < -0.4 is 0 Å². The highest BCUT2D eigenvalue weighted by Gasteiger charge is 2.37. The van der Waals surface area contributed by atoms with Gasteiger partial charge in [0, 0.05) is 25.9 Å². The molecule has 0 amide bonds. The monoisotopic (exact) mass is 177 g/mol. The van der Waals surface area contributed by atoms with Gasteiger partial charge in [-0.25, -0.2) is 8.78 Å². The molecule has 1 saturated heterocycles. The van der Waals surface area contributed by atoms with Gasteiger partial charge in [-0.3, -0.25) is 9.69 Å². The largest absolute Gasteiger partial charge is 0.300 e. The highest BCUT2D eigenvalue weighted by atomic mass is 19.3. The van der Waals surface area contributed by atoms with Crippen molar-refractivity contribution in [2.75, 3.05) is 19.6 Å². The molecule has 0 radical (unpaired) electrons. The maximum absolute atomic E-state index is 12.6. The zero-order valence-electron chi connectivity index (χ0n) is 7.15. The van der Waals surface area contributed by atoms with Crippen molar-refractivity contribution in [2.24, 2.45) is 0 Å². The molecular weight excluding hydrogens is 164 g/mol. The summed E-state index contributed by atoms with van der Waals surface area (Å²) in [6.45, 7) is 2.19. The molecule has 0 saturated carbocycles. The van der Waals surface area contributed by atoms with Crippen molar-refractivity contribution >= 4 is 5.78 Å². The van der Waals surface area contributed by atoms with Gasteiger partial charge in [0.25, 0.3) is 5.92 Å². The van der Waals surface area contributed by atoms with Crippen molar-refractivity contribution in [3.63, 3.8) is 0 Å². The van der Waals surface area contributed by atoms with Gasteiger partial charge in [-0.2, -0.15) is 0 Å². The van der Waals surface area contributed by atoms with Gasteiger partial charge in [0.05, 0.1) is 6.54 Å². The topological polar surface area (TPSA) is 20.3 Å². The molecule has 0 aliphatic carbocycles. The molecule has 1 aliphatic rings. The number of rotatable bonds is 3. The number of alkyl halides is 2. The molecule has 1 heterocycles. The van der Waals surface area contributed by atoms with Crippen molar-refractivity contribution in [3.05, 3.63) is 0 Å². The van der Waals surface area contributed by atoms with Gasteiger partial charge >= 0.3 is 0 Å². The fourth-order valence-electron chi connectivity index (χ4n) is 1.31. The highest BCUT2D eigenvalue weighted by Crippen LogP contribution is 2.26. The lowest BCUT2D eigenvalue weighted by molar-refractivity contribution is -0.117. The summed E-state index contributed by atoms with van der Waals surface area (Å²) in [5, 5.41) is 0. The summed E-state index contributed by atoms with van der Waals surface area (Å²) in [6, 6.07) is 0. The van der Waals surface area contributed by atoms with Crippen molar-refractivity contribution in [1.29, 1.82) is 0 Å². The van der Waals surface area contributed by atoms with Gasteiger partial charge in [0.2, 0.25) is 0 Å². The van der Waals surface area contributed by atoms with Crippen LogP contribution in [0.4, 0.5) is 8.78 Å². The van der Waals surface area contributed by atoms with Crippen LogP contribution in [0.1, 0.15) is 19.8 Å². The van der Waals surface area contributed by atoms with E-state index >= 15 is 0 Å². The van der Waals surface area contributed by atoms with Crippen LogP contribution in [-0.2, 0) is 4.79 Å². The lowest BCUT2D eigenvalue weighted by Crippen LogP contribution is -2.27. The van der Waals surface area contributed by atoms with Gasteiger partial charge in [-0.15, -0.1) is 0 Å². The summed E-state index contributed by atoms with van der Waals surface area (Å²) < 4.78 is 25.2. The first-order valence-corrected chi connectivity index (χ1v) is 4.09. The quantitative estimate of drug-likeness (QED) is 0.647. The smallest absolute Gasteiger partial charge is 0.261 e. The minimum Gasteiger partial charge on any atom is -0.300 e. The van der Waals surface area contributed by atoms with Crippen molar-refractivity contribution in [2.45, 2.75) is 25.7 Å². The van der Waals surface area contributed by atoms with Crippen LogP contribution in [0.15, 0.2) is 0 Å². The van der Waals surface area contributed by atoms with E-state index in [1.54, 1.807) is 4.90 Å². The minimum atomic E-state index is -2.53. The summed E-state index contributed by atoms with van der Waals surface area (Å²) in [4.78, 5) is 12.2. The zero-order chi connectivity index (χ0) is 9.19. The fourth-order valence-corrected chi connectivity index (χ4v) is 1.31. The molecule has 70 valence electrons. The Bertz CT molecular complexity index is 182. The van der Waals surface area contributed by atoms with E-state index in [-0.39, 0.29) is 18.7 Å². The Morgan fingerprint density at radius 3 is 2.67 bits per heavy atom. The van der Waals surface area contributed by atoms with Crippen LogP contribution in [-0.4, -0.2) is 36.2 Å². The molecule has 1 fully saturated rings. The number of likely N-dealkylation sites (tertiary alicyclic amines) is 1. The lowest BCUT2D eigenvalue weighted by atomic mass is 10.3. The van der Waals surface area contributed by atoms with E-state index in [4.69, 9.17) is 0 Å². The van der Waals surface area contributed by atoms with Gasteiger partial charge < -0.3 is 0 Å². The Balaban J connectivity index is 2.24. The Hall–Kier alpha value is -0.510. The second-order valence-electron chi connectivity index (χ2n) is 3.33. The standard InChI is InChI=1S/C8H13F2NO/c1-7(12)2-4-11-5-3-8(9,10)6-11/h2-6H2,1H3. The van der Waals surface area contributed by atoms with E-state index in [2.05, 4.69) is 0 Å². The SMILES string of the molecule is CC(=O)CCN1CCC(F)(F)C1. The normalized spacial score (nSPS) is 22.9. The summed E-state index contributed by atoms with van der Waals surface area (Å²) in [7, 11) is 0. The van der Waals surface area contributed by atoms with E-state index < -0.39 is 5.92 Å². The van der Waals surface area contributed by atoms with Crippen LogP contribution in [0.25, 0.3) is 0 Å². The number of carbonyl (C=O) groups excluding carboxylic acids is 1. The van der Waals surface area contributed by atoms with Gasteiger partial charge in [-0.1, -0.05) is 0 Å². The van der Waals surface area contributed by atoms with Crippen molar-refractivity contribution in [3.8, 4) is 0 Å². The molecule has 0 aromatic carbocycles. The maximum Gasteiger partial charge on any atom is 0.261 e. The summed E-state index contributed by atoms with van der Waals surface area (Å²) >= 11 is 0. The fraction of sp³-hybridized carbons (Fsp3) is 0.875. The molecule has 2 nitrogen and oxygen atoms in total. The number of hydrogen-bond donors (Lipinski definition) is 0. The molecule has 0 bridgehead atoms. The first-order valence-electron chi connectivity index (χ1n) is 4.09. The predicted molar refractivity (Wildman–Crippen MR) is 41.3 cm³/mol. The first kappa shape index (κ1) is 9.58. The Kier molecular flexibility index (Phi) is 2.77. The van der Waals surface area contributed by atoms with E-state index in [0.717, 1.165) is 0 Å². The number of Topliss-reactive ketones (excluding diaryl/α,β-unsaturated/α-hetero) is 1. The van der Waals surface area contributed by atoms with Crippen LogP contribution in [0.2, 0.25) is 0 Å². The van der Waals surface area contributed by atoms with Crippen molar-refractivity contribution in [1.82, 2.24) is 4.90 Å². The zero-order valence-corrected chi connectivity index (χ0v) is 7.15. The molecule has 0 unspecified atom stereocenters. The van der Waals surface area contributed by atoms with E-state index in [9.17, 15) is 13.6 Å². The molecule has 0 N–H and O–H groups in total.